The van der Waals surface area contributed by atoms with Crippen molar-refractivity contribution in [3.8, 4) is 0 Å². The molecule has 3 heteroatoms. The molecular weight excluding hydrogens is 168 g/mol. The minimum absolute atomic E-state index is 0.0195. The molecule has 2 rings (SSSR count). The van der Waals surface area contributed by atoms with Gasteiger partial charge >= 0.3 is 5.97 Å². The van der Waals surface area contributed by atoms with Gasteiger partial charge in [0.1, 0.15) is 0 Å². The van der Waals surface area contributed by atoms with Crippen LogP contribution >= 0.6 is 0 Å². The molecule has 1 N–H and O–H groups in total. The summed E-state index contributed by atoms with van der Waals surface area (Å²) in [6, 6.07) is 0. The summed E-state index contributed by atoms with van der Waals surface area (Å²) in [7, 11) is 0. The molecule has 2 unspecified atom stereocenters. The quantitative estimate of drug-likeness (QED) is 0.660. The monoisotopic (exact) mass is 184 g/mol. The number of carbonyl (C=O) groups excluding carboxylic acids is 1. The number of fused-ring (bicyclic) bond motifs is 1. The van der Waals surface area contributed by atoms with Crippen LogP contribution in [-0.4, -0.2) is 24.3 Å². The molecule has 3 nitrogen and oxygen atoms in total. The van der Waals surface area contributed by atoms with Crippen LogP contribution in [-0.2, 0) is 9.53 Å². The summed E-state index contributed by atoms with van der Waals surface area (Å²) in [5.41, 5.74) is 0. The fourth-order valence-electron chi connectivity index (χ4n) is 2.69. The zero-order chi connectivity index (χ0) is 9.42. The lowest BCUT2D eigenvalue weighted by atomic mass is 10.0. The van der Waals surface area contributed by atoms with E-state index in [9.17, 15) is 4.79 Å². The number of hydrogen-bond acceptors (Lipinski definition) is 3. The van der Waals surface area contributed by atoms with E-state index in [-0.39, 0.29) is 18.5 Å². The Morgan fingerprint density at radius 1 is 1.46 bits per heavy atom. The van der Waals surface area contributed by atoms with Gasteiger partial charge in [0, 0.05) is 6.61 Å². The summed E-state index contributed by atoms with van der Waals surface area (Å²) in [6.45, 7) is 2.60. The van der Waals surface area contributed by atoms with Gasteiger partial charge in [0.15, 0.2) is 0 Å². The molecule has 13 heavy (non-hydrogen) atoms. The predicted molar refractivity (Wildman–Crippen MR) is 46.9 cm³/mol. The largest absolute Gasteiger partial charge is 0.466 e. The van der Waals surface area contributed by atoms with E-state index in [1.165, 1.54) is 0 Å². The first-order chi connectivity index (χ1) is 6.27. The molecule has 2 fully saturated rings. The summed E-state index contributed by atoms with van der Waals surface area (Å²) in [6.07, 6.45) is 2.04. The van der Waals surface area contributed by atoms with Crippen LogP contribution in [0.25, 0.3) is 0 Å². The number of ether oxygens (including phenoxy) is 1. The van der Waals surface area contributed by atoms with E-state index >= 15 is 0 Å². The highest BCUT2D eigenvalue weighted by Crippen LogP contribution is 2.59. The van der Waals surface area contributed by atoms with E-state index in [4.69, 9.17) is 9.84 Å². The Bertz CT molecular complexity index is 202. The highest BCUT2D eigenvalue weighted by molar-refractivity contribution is 5.76. The molecule has 0 radical (unpaired) electrons. The zero-order valence-electron chi connectivity index (χ0n) is 7.90. The van der Waals surface area contributed by atoms with Gasteiger partial charge in [-0.15, -0.1) is 0 Å². The third-order valence-corrected chi connectivity index (χ3v) is 3.36. The molecule has 0 saturated heterocycles. The fourth-order valence-corrected chi connectivity index (χ4v) is 2.69. The van der Waals surface area contributed by atoms with E-state index in [0.29, 0.717) is 24.4 Å². The number of carbonyl (C=O) groups is 1. The van der Waals surface area contributed by atoms with Crippen molar-refractivity contribution in [1.82, 2.24) is 0 Å². The molecule has 2 saturated carbocycles. The lowest BCUT2D eigenvalue weighted by molar-refractivity contribution is -0.145. The molecule has 0 bridgehead atoms. The van der Waals surface area contributed by atoms with Crippen molar-refractivity contribution in [2.45, 2.75) is 19.8 Å². The molecule has 2 aliphatic rings. The Labute approximate surface area is 78.1 Å². The van der Waals surface area contributed by atoms with E-state index in [0.717, 1.165) is 12.8 Å². The van der Waals surface area contributed by atoms with Crippen LogP contribution in [0.4, 0.5) is 0 Å². The minimum atomic E-state index is -0.0195. The SMILES string of the molecule is CCOC(=O)C1[C@H]2CC(CO)C[C@@H]12. The first-order valence-corrected chi connectivity index (χ1v) is 5.05. The zero-order valence-corrected chi connectivity index (χ0v) is 7.90. The Morgan fingerprint density at radius 3 is 2.54 bits per heavy atom. The van der Waals surface area contributed by atoms with Gasteiger partial charge in [-0.3, -0.25) is 4.79 Å². The standard InChI is InChI=1S/C10H16O3/c1-2-13-10(12)9-7-3-6(5-11)4-8(7)9/h6-9,11H,2-5H2,1H3/t6?,7-,8+,9?. The highest BCUT2D eigenvalue weighted by atomic mass is 16.5. The number of aliphatic hydroxyl groups is 1. The van der Waals surface area contributed by atoms with Gasteiger partial charge in [0.25, 0.3) is 0 Å². The lowest BCUT2D eigenvalue weighted by Gasteiger charge is -2.09. The summed E-state index contributed by atoms with van der Waals surface area (Å²) in [5.74, 6) is 1.64. The van der Waals surface area contributed by atoms with Gasteiger partial charge in [0.05, 0.1) is 12.5 Å². The van der Waals surface area contributed by atoms with Gasteiger partial charge in [-0.05, 0) is 37.5 Å². The second-order valence-corrected chi connectivity index (χ2v) is 4.13. The normalized spacial score (nSPS) is 41.4. The number of aliphatic hydroxyl groups excluding tert-OH is 1. The average molecular weight is 184 g/mol. The Morgan fingerprint density at radius 2 is 2.08 bits per heavy atom. The topological polar surface area (TPSA) is 46.5 Å². The highest BCUT2D eigenvalue weighted by Gasteiger charge is 2.60. The van der Waals surface area contributed by atoms with Crippen molar-refractivity contribution >= 4 is 5.97 Å². The van der Waals surface area contributed by atoms with Crippen molar-refractivity contribution in [1.29, 1.82) is 0 Å². The maximum absolute atomic E-state index is 11.3. The molecule has 0 aliphatic heterocycles. The van der Waals surface area contributed by atoms with E-state index in [1.54, 1.807) is 0 Å². The lowest BCUT2D eigenvalue weighted by Crippen LogP contribution is -2.13. The smallest absolute Gasteiger partial charge is 0.309 e. The van der Waals surface area contributed by atoms with Crippen LogP contribution in [0, 0.1) is 23.7 Å². The molecule has 2 aliphatic carbocycles. The van der Waals surface area contributed by atoms with E-state index < -0.39 is 0 Å². The van der Waals surface area contributed by atoms with Gasteiger partial charge < -0.3 is 9.84 Å². The van der Waals surface area contributed by atoms with Crippen LogP contribution in [0.1, 0.15) is 19.8 Å². The molecule has 0 spiro atoms. The molecular formula is C10H16O3. The second-order valence-electron chi connectivity index (χ2n) is 4.13. The maximum Gasteiger partial charge on any atom is 0.309 e. The van der Waals surface area contributed by atoms with Crippen LogP contribution in [0.15, 0.2) is 0 Å². The minimum Gasteiger partial charge on any atom is -0.466 e. The van der Waals surface area contributed by atoms with Crippen molar-refractivity contribution in [3.63, 3.8) is 0 Å². The number of hydrogen-bond donors (Lipinski definition) is 1. The van der Waals surface area contributed by atoms with Crippen molar-refractivity contribution in [2.24, 2.45) is 23.7 Å². The summed E-state index contributed by atoms with van der Waals surface area (Å²) in [5, 5.41) is 8.92. The fraction of sp³-hybridized carbons (Fsp3) is 0.900. The number of rotatable bonds is 3. The van der Waals surface area contributed by atoms with E-state index in [2.05, 4.69) is 0 Å². The first kappa shape index (κ1) is 9.00. The second kappa shape index (κ2) is 3.29. The number of esters is 1. The molecule has 74 valence electrons. The predicted octanol–water partition coefficient (Wildman–Crippen LogP) is 0.814. The summed E-state index contributed by atoms with van der Waals surface area (Å²) < 4.78 is 4.97. The first-order valence-electron chi connectivity index (χ1n) is 5.05. The Kier molecular flexibility index (Phi) is 2.28. The van der Waals surface area contributed by atoms with Gasteiger partial charge in [0.2, 0.25) is 0 Å². The molecule has 0 aromatic rings. The van der Waals surface area contributed by atoms with Gasteiger partial charge in [-0.25, -0.2) is 0 Å². The third-order valence-electron chi connectivity index (χ3n) is 3.36. The van der Waals surface area contributed by atoms with Crippen LogP contribution in [0.5, 0.6) is 0 Å². The van der Waals surface area contributed by atoms with Gasteiger partial charge in [-0.2, -0.15) is 0 Å². The van der Waals surface area contributed by atoms with Crippen LogP contribution in [0.3, 0.4) is 0 Å². The van der Waals surface area contributed by atoms with Crippen molar-refractivity contribution in [3.05, 3.63) is 0 Å². The Balaban J connectivity index is 1.81. The summed E-state index contributed by atoms with van der Waals surface area (Å²) in [4.78, 5) is 11.3. The molecule has 0 aromatic carbocycles. The average Bonchev–Trinajstić information content (AvgIpc) is 2.63. The molecule has 0 heterocycles. The van der Waals surface area contributed by atoms with Crippen LogP contribution < -0.4 is 0 Å². The molecule has 0 aromatic heterocycles. The van der Waals surface area contributed by atoms with Crippen molar-refractivity contribution < 1.29 is 14.6 Å². The summed E-state index contributed by atoms with van der Waals surface area (Å²) >= 11 is 0. The Hall–Kier alpha value is -0.570. The molecule has 4 atom stereocenters. The third kappa shape index (κ3) is 1.46. The van der Waals surface area contributed by atoms with Crippen LogP contribution in [0.2, 0.25) is 0 Å². The van der Waals surface area contributed by atoms with E-state index in [1.807, 2.05) is 6.92 Å². The molecule has 0 amide bonds. The van der Waals surface area contributed by atoms with Crippen molar-refractivity contribution in [2.75, 3.05) is 13.2 Å². The maximum atomic E-state index is 11.3. The van der Waals surface area contributed by atoms with Gasteiger partial charge in [-0.1, -0.05) is 0 Å².